The van der Waals surface area contributed by atoms with Crippen molar-refractivity contribution in [1.29, 1.82) is 0 Å². The van der Waals surface area contributed by atoms with Gasteiger partial charge in [-0.1, -0.05) is 23.7 Å². The molecule has 2 heterocycles. The molecule has 0 saturated heterocycles. The highest BCUT2D eigenvalue weighted by atomic mass is 35.5. The number of H-pyrrole nitrogens is 1. The minimum absolute atomic E-state index is 0.00396. The van der Waals surface area contributed by atoms with Gasteiger partial charge in [0.1, 0.15) is 5.56 Å². The van der Waals surface area contributed by atoms with Crippen LogP contribution in [0.3, 0.4) is 0 Å². The van der Waals surface area contributed by atoms with Crippen molar-refractivity contribution in [3.05, 3.63) is 62.5 Å². The van der Waals surface area contributed by atoms with Crippen molar-refractivity contribution in [2.24, 2.45) is 0 Å². The summed E-state index contributed by atoms with van der Waals surface area (Å²) in [6.07, 6.45) is 1.21. The molecule has 3 rings (SSSR count). The van der Waals surface area contributed by atoms with Gasteiger partial charge in [0, 0.05) is 17.1 Å². The second-order valence-corrected chi connectivity index (χ2v) is 5.71. The van der Waals surface area contributed by atoms with E-state index in [1.807, 2.05) is 0 Å². The van der Waals surface area contributed by atoms with Crippen LogP contribution < -0.4 is 10.3 Å². The van der Waals surface area contributed by atoms with Crippen molar-refractivity contribution >= 4 is 23.5 Å². The smallest absolute Gasteiger partial charge is 0.343 e. The number of carbonyl (C=O) groups excluding carboxylic acids is 2. The van der Waals surface area contributed by atoms with Crippen molar-refractivity contribution in [3.63, 3.8) is 0 Å². The van der Waals surface area contributed by atoms with Gasteiger partial charge in [0.25, 0.3) is 5.56 Å². The zero-order valence-electron chi connectivity index (χ0n) is 12.8. The van der Waals surface area contributed by atoms with E-state index in [-0.39, 0.29) is 29.9 Å². The highest BCUT2D eigenvalue weighted by Crippen LogP contribution is 2.38. The first kappa shape index (κ1) is 16.3. The Kier molecular flexibility index (Phi) is 4.40. The Balaban J connectivity index is 2.16. The quantitative estimate of drug-likeness (QED) is 0.863. The summed E-state index contributed by atoms with van der Waals surface area (Å²) in [5.41, 5.74) is 0.593. The summed E-state index contributed by atoms with van der Waals surface area (Å²) >= 11 is 5.89. The Morgan fingerprint density at radius 1 is 1.33 bits per heavy atom. The molecule has 124 valence electrons. The average molecular weight is 348 g/mol. The highest BCUT2D eigenvalue weighted by Gasteiger charge is 2.34. The van der Waals surface area contributed by atoms with Gasteiger partial charge in [-0.2, -0.15) is 0 Å². The van der Waals surface area contributed by atoms with E-state index in [0.29, 0.717) is 5.02 Å². The Morgan fingerprint density at radius 3 is 2.71 bits per heavy atom. The van der Waals surface area contributed by atoms with E-state index in [1.165, 1.54) is 6.20 Å². The van der Waals surface area contributed by atoms with Crippen LogP contribution in [0.2, 0.25) is 5.02 Å². The Hall–Kier alpha value is -2.60. The molecule has 0 amide bonds. The van der Waals surface area contributed by atoms with E-state index in [4.69, 9.17) is 21.1 Å². The van der Waals surface area contributed by atoms with Gasteiger partial charge >= 0.3 is 11.9 Å². The van der Waals surface area contributed by atoms with E-state index in [9.17, 15) is 14.4 Å². The fourth-order valence-electron chi connectivity index (χ4n) is 2.72. The molecule has 1 N–H and O–H groups in total. The number of aromatic nitrogens is 1. The summed E-state index contributed by atoms with van der Waals surface area (Å²) in [6, 6.07) is 6.84. The second kappa shape index (κ2) is 6.49. The molecule has 0 aliphatic carbocycles. The molecule has 0 radical (unpaired) electrons. The molecule has 0 saturated carbocycles. The number of halogens is 1. The number of aromatic amines is 1. The molecular weight excluding hydrogens is 334 g/mol. The van der Waals surface area contributed by atoms with Crippen molar-refractivity contribution in [2.75, 3.05) is 6.61 Å². The number of pyridine rings is 1. The zero-order chi connectivity index (χ0) is 17.3. The van der Waals surface area contributed by atoms with E-state index >= 15 is 0 Å². The number of carbonyl (C=O) groups is 2. The average Bonchev–Trinajstić information content (AvgIpc) is 2.55. The normalized spacial score (nSPS) is 16.2. The van der Waals surface area contributed by atoms with E-state index in [0.717, 1.165) is 5.56 Å². The lowest BCUT2D eigenvalue weighted by Crippen LogP contribution is -2.30. The molecule has 0 spiro atoms. The van der Waals surface area contributed by atoms with Gasteiger partial charge in [0.15, 0.2) is 5.75 Å². The topological polar surface area (TPSA) is 85.5 Å². The van der Waals surface area contributed by atoms with Crippen LogP contribution in [0.1, 0.15) is 40.7 Å². The van der Waals surface area contributed by atoms with Crippen LogP contribution in [0.25, 0.3) is 0 Å². The van der Waals surface area contributed by atoms with Crippen LogP contribution in [0, 0.1) is 0 Å². The SMILES string of the molecule is CCOC(=O)c1c[nH]c(=O)c2c1OC(=O)C[C@H]2c1ccc(Cl)cc1. The molecule has 2 aromatic rings. The molecule has 0 bridgehead atoms. The predicted molar refractivity (Wildman–Crippen MR) is 86.6 cm³/mol. The second-order valence-electron chi connectivity index (χ2n) is 5.28. The fraction of sp³-hybridized carbons (Fsp3) is 0.235. The highest BCUT2D eigenvalue weighted by molar-refractivity contribution is 6.30. The van der Waals surface area contributed by atoms with Crippen LogP contribution in [0.15, 0.2) is 35.3 Å². The van der Waals surface area contributed by atoms with Crippen molar-refractivity contribution in [1.82, 2.24) is 4.98 Å². The van der Waals surface area contributed by atoms with E-state index < -0.39 is 23.4 Å². The minimum atomic E-state index is -0.658. The lowest BCUT2D eigenvalue weighted by molar-refractivity contribution is -0.135. The Morgan fingerprint density at radius 2 is 2.04 bits per heavy atom. The molecule has 0 unspecified atom stereocenters. The van der Waals surface area contributed by atoms with Gasteiger partial charge in [-0.05, 0) is 24.6 Å². The maximum Gasteiger partial charge on any atom is 0.343 e. The number of fused-ring (bicyclic) bond motifs is 1. The molecule has 1 aliphatic rings. The van der Waals surface area contributed by atoms with Gasteiger partial charge in [-0.15, -0.1) is 0 Å². The van der Waals surface area contributed by atoms with Crippen LogP contribution in [-0.2, 0) is 9.53 Å². The Bertz CT molecular complexity index is 856. The van der Waals surface area contributed by atoms with Crippen molar-refractivity contribution in [2.45, 2.75) is 19.3 Å². The number of hydrogen-bond donors (Lipinski definition) is 1. The zero-order valence-corrected chi connectivity index (χ0v) is 13.6. The maximum atomic E-state index is 12.3. The number of rotatable bonds is 3. The Labute approximate surface area is 142 Å². The van der Waals surface area contributed by atoms with Crippen molar-refractivity contribution in [3.8, 4) is 5.75 Å². The van der Waals surface area contributed by atoms with Gasteiger partial charge < -0.3 is 14.5 Å². The summed E-state index contributed by atoms with van der Waals surface area (Å²) in [4.78, 5) is 38.9. The van der Waals surface area contributed by atoms with Gasteiger partial charge in [-0.25, -0.2) is 4.79 Å². The fourth-order valence-corrected chi connectivity index (χ4v) is 2.85. The number of nitrogens with one attached hydrogen (secondary N) is 1. The van der Waals surface area contributed by atoms with Crippen LogP contribution in [0.4, 0.5) is 0 Å². The molecule has 1 atom stereocenters. The standard InChI is InChI=1S/C17H14ClNO5/c1-2-23-17(22)12-8-19-16(21)14-11(7-13(20)24-15(12)14)9-3-5-10(18)6-4-9/h3-6,8,11H,2,7H2,1H3,(H,19,21)/t11-/m0/s1. The third-order valence-electron chi connectivity index (χ3n) is 3.78. The van der Waals surface area contributed by atoms with Gasteiger partial charge in [0.05, 0.1) is 18.6 Å². The number of hydrogen-bond acceptors (Lipinski definition) is 5. The van der Waals surface area contributed by atoms with Gasteiger partial charge in [-0.3, -0.25) is 9.59 Å². The summed E-state index contributed by atoms with van der Waals surface area (Å²) in [5, 5.41) is 0.548. The first-order chi connectivity index (χ1) is 11.5. The molecule has 7 heteroatoms. The summed E-state index contributed by atoms with van der Waals surface area (Å²) in [6.45, 7) is 1.83. The summed E-state index contributed by atoms with van der Waals surface area (Å²) < 4.78 is 10.2. The number of benzene rings is 1. The molecule has 1 aromatic carbocycles. The molecular formula is C17H14ClNO5. The lowest BCUT2D eigenvalue weighted by atomic mass is 9.86. The molecule has 1 aliphatic heterocycles. The van der Waals surface area contributed by atoms with Gasteiger partial charge in [0.2, 0.25) is 0 Å². The third kappa shape index (κ3) is 2.92. The van der Waals surface area contributed by atoms with E-state index in [2.05, 4.69) is 4.98 Å². The molecule has 0 fully saturated rings. The van der Waals surface area contributed by atoms with Crippen molar-refractivity contribution < 1.29 is 19.1 Å². The van der Waals surface area contributed by atoms with Crippen LogP contribution in [0.5, 0.6) is 5.75 Å². The lowest BCUT2D eigenvalue weighted by Gasteiger charge is -2.25. The number of ether oxygens (including phenoxy) is 2. The third-order valence-corrected chi connectivity index (χ3v) is 4.04. The molecule has 6 nitrogen and oxygen atoms in total. The minimum Gasteiger partial charge on any atom is -0.462 e. The first-order valence-electron chi connectivity index (χ1n) is 7.40. The molecule has 24 heavy (non-hydrogen) atoms. The predicted octanol–water partition coefficient (Wildman–Crippen LogP) is 2.65. The van der Waals surface area contributed by atoms with Crippen LogP contribution >= 0.6 is 11.6 Å². The first-order valence-corrected chi connectivity index (χ1v) is 7.78. The van der Waals surface area contributed by atoms with Crippen LogP contribution in [-0.4, -0.2) is 23.5 Å². The maximum absolute atomic E-state index is 12.3. The monoisotopic (exact) mass is 347 g/mol. The number of esters is 2. The van der Waals surface area contributed by atoms with E-state index in [1.54, 1.807) is 31.2 Å². The summed E-state index contributed by atoms with van der Waals surface area (Å²) in [5.74, 6) is -1.72. The molecule has 1 aromatic heterocycles. The largest absolute Gasteiger partial charge is 0.462 e. The summed E-state index contributed by atoms with van der Waals surface area (Å²) in [7, 11) is 0.